The Morgan fingerprint density at radius 3 is 2.74 bits per heavy atom. The van der Waals surface area contributed by atoms with Crippen molar-refractivity contribution in [2.24, 2.45) is 5.41 Å². The molecule has 3 atom stereocenters. The highest BCUT2D eigenvalue weighted by atomic mass is 79.9. The monoisotopic (exact) mass is 325 g/mol. The zero-order valence-electron chi connectivity index (χ0n) is 12.3. The maximum atomic E-state index is 6.23. The molecule has 1 aromatic rings. The molecule has 0 radical (unpaired) electrons. The topological polar surface area (TPSA) is 21.3 Å². The minimum Gasteiger partial charge on any atom is -0.489 e. The molecule has 0 aromatic heterocycles. The van der Waals surface area contributed by atoms with Gasteiger partial charge in [-0.1, -0.05) is 26.8 Å². The van der Waals surface area contributed by atoms with Crippen molar-refractivity contribution in [1.82, 2.24) is 5.32 Å². The summed E-state index contributed by atoms with van der Waals surface area (Å²) in [6.07, 6.45) is 2.54. The second-order valence-electron chi connectivity index (χ2n) is 5.75. The second-order valence-corrected chi connectivity index (χ2v) is 6.60. The maximum absolute atomic E-state index is 6.23. The number of hydrogen-bond donors (Lipinski definition) is 1. The van der Waals surface area contributed by atoms with E-state index in [2.05, 4.69) is 67.1 Å². The van der Waals surface area contributed by atoms with Gasteiger partial charge in [-0.25, -0.2) is 0 Å². The van der Waals surface area contributed by atoms with Crippen LogP contribution in [0.1, 0.15) is 39.2 Å². The number of nitrogens with one attached hydrogen (secondary N) is 1. The van der Waals surface area contributed by atoms with Gasteiger partial charge >= 0.3 is 0 Å². The smallest absolute Gasteiger partial charge is 0.133 e. The molecule has 1 aromatic carbocycles. The molecule has 1 N–H and O–H groups in total. The fourth-order valence-corrected chi connectivity index (χ4v) is 3.48. The van der Waals surface area contributed by atoms with E-state index in [4.69, 9.17) is 4.74 Å². The number of halogens is 1. The molecule has 3 unspecified atom stereocenters. The molecule has 1 fully saturated rings. The predicted octanol–water partition coefficient (Wildman–Crippen LogP) is 4.30. The molecule has 2 nitrogen and oxygen atoms in total. The maximum Gasteiger partial charge on any atom is 0.133 e. The minimum absolute atomic E-state index is 0.236. The molecule has 1 aliphatic rings. The zero-order valence-corrected chi connectivity index (χ0v) is 13.9. The van der Waals surface area contributed by atoms with E-state index in [9.17, 15) is 0 Å². The minimum atomic E-state index is 0.236. The summed E-state index contributed by atoms with van der Waals surface area (Å²) in [6.45, 7) is 9.87. The van der Waals surface area contributed by atoms with Gasteiger partial charge in [0.15, 0.2) is 0 Å². The van der Waals surface area contributed by atoms with Crippen LogP contribution in [-0.2, 0) is 0 Å². The van der Waals surface area contributed by atoms with Crippen molar-refractivity contribution in [1.29, 1.82) is 0 Å². The number of benzene rings is 1. The number of rotatable bonds is 5. The largest absolute Gasteiger partial charge is 0.489 e. The molecular weight excluding hydrogens is 302 g/mol. The molecule has 1 aliphatic carbocycles. The Morgan fingerprint density at radius 1 is 1.42 bits per heavy atom. The van der Waals surface area contributed by atoms with Crippen LogP contribution in [0.4, 0.5) is 0 Å². The first-order valence-corrected chi connectivity index (χ1v) is 7.96. The summed E-state index contributed by atoms with van der Waals surface area (Å²) >= 11 is 3.59. The first-order valence-electron chi connectivity index (χ1n) is 7.17. The summed E-state index contributed by atoms with van der Waals surface area (Å²) in [5.74, 6) is 0.963. The van der Waals surface area contributed by atoms with E-state index in [1.807, 2.05) is 0 Å². The van der Waals surface area contributed by atoms with Gasteiger partial charge < -0.3 is 10.1 Å². The lowest BCUT2D eigenvalue weighted by Crippen LogP contribution is -2.63. The van der Waals surface area contributed by atoms with Gasteiger partial charge in [0.05, 0.1) is 4.47 Å². The third kappa shape index (κ3) is 2.82. The first-order chi connectivity index (χ1) is 9.01. The van der Waals surface area contributed by atoms with Gasteiger partial charge in [-0.2, -0.15) is 0 Å². The van der Waals surface area contributed by atoms with Gasteiger partial charge in [0.25, 0.3) is 0 Å². The fourth-order valence-electron chi connectivity index (χ4n) is 2.89. The van der Waals surface area contributed by atoms with E-state index >= 15 is 0 Å². The Morgan fingerprint density at radius 2 is 2.16 bits per heavy atom. The Kier molecular flexibility index (Phi) is 4.57. The highest BCUT2D eigenvalue weighted by molar-refractivity contribution is 9.10. The Labute approximate surface area is 125 Å². The van der Waals surface area contributed by atoms with Gasteiger partial charge in [-0.3, -0.25) is 0 Å². The van der Waals surface area contributed by atoms with Crippen molar-refractivity contribution in [3.8, 4) is 5.75 Å². The van der Waals surface area contributed by atoms with E-state index < -0.39 is 0 Å². The quantitative estimate of drug-likeness (QED) is 0.871. The molecule has 0 heterocycles. The van der Waals surface area contributed by atoms with Gasteiger partial charge in [-0.05, 0) is 53.5 Å². The molecule has 0 spiro atoms. The van der Waals surface area contributed by atoms with Crippen molar-refractivity contribution < 1.29 is 4.74 Å². The molecular formula is C16H24BrNO. The summed E-state index contributed by atoms with van der Waals surface area (Å²) in [5.41, 5.74) is 1.48. The summed E-state index contributed by atoms with van der Waals surface area (Å²) in [7, 11) is 0. The molecule has 1 saturated carbocycles. The predicted molar refractivity (Wildman–Crippen MR) is 83.8 cm³/mol. The fraction of sp³-hybridized carbons (Fsp3) is 0.625. The number of ether oxygens (including phenoxy) is 1. The van der Waals surface area contributed by atoms with Gasteiger partial charge in [0.2, 0.25) is 0 Å². The third-order valence-electron chi connectivity index (χ3n) is 4.55. The van der Waals surface area contributed by atoms with Crippen LogP contribution >= 0.6 is 15.9 Å². The SMILES string of the molecule is CCNC1CC(Oc2ccc(C)cc2Br)C1(C)CC. The summed E-state index contributed by atoms with van der Waals surface area (Å²) in [4.78, 5) is 0. The van der Waals surface area contributed by atoms with Crippen LogP contribution in [0, 0.1) is 12.3 Å². The van der Waals surface area contributed by atoms with Gasteiger partial charge in [0, 0.05) is 17.9 Å². The molecule has 0 amide bonds. The third-order valence-corrected chi connectivity index (χ3v) is 5.17. The summed E-state index contributed by atoms with van der Waals surface area (Å²) < 4.78 is 7.29. The van der Waals surface area contributed by atoms with Crippen LogP contribution in [-0.4, -0.2) is 18.7 Å². The summed E-state index contributed by atoms with van der Waals surface area (Å²) in [5, 5.41) is 3.57. The van der Waals surface area contributed by atoms with Crippen LogP contribution < -0.4 is 10.1 Å². The second kappa shape index (κ2) is 5.84. The van der Waals surface area contributed by atoms with Crippen molar-refractivity contribution >= 4 is 15.9 Å². The number of hydrogen-bond acceptors (Lipinski definition) is 2. The average molecular weight is 326 g/mol. The van der Waals surface area contributed by atoms with Gasteiger partial charge in [-0.15, -0.1) is 0 Å². The Balaban J connectivity index is 2.08. The standard InChI is InChI=1S/C16H24BrNO/c1-5-16(4)14(18-6-2)10-15(16)19-13-8-7-11(3)9-12(13)17/h7-9,14-15,18H,5-6,10H2,1-4H3. The van der Waals surface area contributed by atoms with Crippen LogP contribution in [0.3, 0.4) is 0 Å². The van der Waals surface area contributed by atoms with Crippen LogP contribution in [0.2, 0.25) is 0 Å². The highest BCUT2D eigenvalue weighted by Crippen LogP contribution is 2.46. The Hall–Kier alpha value is -0.540. The van der Waals surface area contributed by atoms with E-state index in [-0.39, 0.29) is 5.41 Å². The van der Waals surface area contributed by atoms with Crippen molar-refractivity contribution in [3.05, 3.63) is 28.2 Å². The van der Waals surface area contributed by atoms with E-state index in [1.165, 1.54) is 5.56 Å². The molecule has 106 valence electrons. The van der Waals surface area contributed by atoms with Crippen LogP contribution in [0.15, 0.2) is 22.7 Å². The van der Waals surface area contributed by atoms with Crippen molar-refractivity contribution in [2.45, 2.75) is 52.7 Å². The first kappa shape index (κ1) is 14.9. The molecule has 19 heavy (non-hydrogen) atoms. The molecule has 0 aliphatic heterocycles. The van der Waals surface area contributed by atoms with Gasteiger partial charge in [0.1, 0.15) is 11.9 Å². The highest BCUT2D eigenvalue weighted by Gasteiger charge is 2.51. The molecule has 3 heteroatoms. The zero-order chi connectivity index (χ0) is 14.0. The molecule has 0 bridgehead atoms. The Bertz CT molecular complexity index is 448. The normalized spacial score (nSPS) is 29.9. The van der Waals surface area contributed by atoms with E-state index in [0.29, 0.717) is 12.1 Å². The lowest BCUT2D eigenvalue weighted by Gasteiger charge is -2.53. The van der Waals surface area contributed by atoms with Crippen molar-refractivity contribution in [3.63, 3.8) is 0 Å². The van der Waals surface area contributed by atoms with Crippen molar-refractivity contribution in [2.75, 3.05) is 6.54 Å². The van der Waals surface area contributed by atoms with E-state index in [0.717, 1.165) is 29.6 Å². The van der Waals surface area contributed by atoms with E-state index in [1.54, 1.807) is 0 Å². The molecule has 2 rings (SSSR count). The molecule has 0 saturated heterocycles. The van der Waals surface area contributed by atoms with Crippen LogP contribution in [0.5, 0.6) is 5.75 Å². The summed E-state index contributed by atoms with van der Waals surface area (Å²) in [6, 6.07) is 6.86. The lowest BCUT2D eigenvalue weighted by molar-refractivity contribution is -0.0700. The lowest BCUT2D eigenvalue weighted by atomic mass is 9.61. The average Bonchev–Trinajstić information content (AvgIpc) is 2.39. The number of aryl methyl sites for hydroxylation is 1. The van der Waals surface area contributed by atoms with Crippen LogP contribution in [0.25, 0.3) is 0 Å².